The highest BCUT2D eigenvalue weighted by molar-refractivity contribution is 7.12. The summed E-state index contributed by atoms with van der Waals surface area (Å²) in [6.07, 6.45) is 5.91. The van der Waals surface area contributed by atoms with E-state index in [1.165, 1.54) is 11.3 Å². The van der Waals surface area contributed by atoms with Crippen LogP contribution in [0.1, 0.15) is 57.8 Å². The zero-order valence-electron chi connectivity index (χ0n) is 15.6. The number of urea groups is 1. The normalized spacial score (nSPS) is 26.0. The van der Waals surface area contributed by atoms with Crippen LogP contribution >= 0.6 is 11.3 Å². The van der Waals surface area contributed by atoms with E-state index in [9.17, 15) is 19.2 Å². The van der Waals surface area contributed by atoms with Crippen molar-refractivity contribution in [2.75, 3.05) is 6.54 Å². The number of amides is 4. The Morgan fingerprint density at radius 2 is 1.96 bits per heavy atom. The van der Waals surface area contributed by atoms with Crippen molar-refractivity contribution in [2.24, 2.45) is 11.8 Å². The number of aryl methyl sites for hydroxylation is 1. The molecule has 4 aliphatic rings. The third-order valence-corrected chi connectivity index (χ3v) is 7.57. The maximum Gasteiger partial charge on any atom is 0.322 e. The molecule has 3 fully saturated rings. The summed E-state index contributed by atoms with van der Waals surface area (Å²) in [7, 11) is 0. The molecule has 2 heterocycles. The topological polar surface area (TPSA) is 104 Å². The maximum atomic E-state index is 13.0. The summed E-state index contributed by atoms with van der Waals surface area (Å²) in [5.41, 5.74) is 0.428. The average molecular weight is 401 g/mol. The van der Waals surface area contributed by atoms with Gasteiger partial charge in [0.05, 0.1) is 5.56 Å². The highest BCUT2D eigenvalue weighted by atomic mass is 32.1. The van der Waals surface area contributed by atoms with Gasteiger partial charge in [-0.05, 0) is 50.0 Å². The minimum absolute atomic E-state index is 0.146. The molecule has 0 aromatic carbocycles. The van der Waals surface area contributed by atoms with Gasteiger partial charge in [-0.1, -0.05) is 0 Å². The summed E-state index contributed by atoms with van der Waals surface area (Å²) in [5, 5.41) is 8.12. The Kier molecular flexibility index (Phi) is 4.08. The minimum atomic E-state index is -0.978. The fourth-order valence-electron chi connectivity index (χ4n) is 4.25. The first-order valence-electron chi connectivity index (χ1n) is 10.0. The Morgan fingerprint density at radius 1 is 1.18 bits per heavy atom. The minimum Gasteiger partial charge on any atom is -0.352 e. The van der Waals surface area contributed by atoms with Crippen LogP contribution in [0.4, 0.5) is 4.79 Å². The van der Waals surface area contributed by atoms with Gasteiger partial charge in [0.15, 0.2) is 0 Å². The van der Waals surface area contributed by atoms with E-state index in [0.717, 1.165) is 41.0 Å². The van der Waals surface area contributed by atoms with Crippen LogP contribution in [0.15, 0.2) is 0 Å². The molecule has 0 bridgehead atoms. The Morgan fingerprint density at radius 3 is 2.61 bits per heavy atom. The fraction of sp³-hybridized carbons (Fsp3) is 0.600. The van der Waals surface area contributed by atoms with Gasteiger partial charge in [-0.2, -0.15) is 0 Å². The molecule has 28 heavy (non-hydrogen) atoms. The lowest BCUT2D eigenvalue weighted by Gasteiger charge is -2.30. The first-order chi connectivity index (χ1) is 13.4. The van der Waals surface area contributed by atoms with Gasteiger partial charge in [-0.25, -0.2) is 4.79 Å². The molecule has 148 valence electrons. The van der Waals surface area contributed by atoms with E-state index in [1.807, 2.05) is 0 Å². The summed E-state index contributed by atoms with van der Waals surface area (Å²) < 4.78 is 0. The number of rotatable bonds is 6. The average Bonchev–Trinajstić information content (AvgIpc) is 3.56. The van der Waals surface area contributed by atoms with Crippen molar-refractivity contribution in [3.05, 3.63) is 20.9 Å². The molecule has 4 amide bonds. The van der Waals surface area contributed by atoms with Crippen molar-refractivity contribution >= 4 is 35.0 Å². The lowest BCUT2D eigenvalue weighted by molar-refractivity contribution is -0.124. The van der Waals surface area contributed by atoms with Crippen LogP contribution in [0.3, 0.4) is 0 Å². The predicted molar refractivity (Wildman–Crippen MR) is 102 cm³/mol. The first-order valence-corrected chi connectivity index (χ1v) is 10.8. The number of fused-ring (bicyclic) bond motifs is 1. The number of Topliss-reactive ketones (excluding diaryl/α,β-unsaturated/α-hetero) is 1. The van der Waals surface area contributed by atoms with E-state index in [4.69, 9.17) is 0 Å². The van der Waals surface area contributed by atoms with Crippen LogP contribution in [0.25, 0.3) is 0 Å². The van der Waals surface area contributed by atoms with E-state index in [-0.39, 0.29) is 23.5 Å². The zero-order chi connectivity index (χ0) is 19.5. The van der Waals surface area contributed by atoms with Gasteiger partial charge in [0.1, 0.15) is 11.3 Å². The van der Waals surface area contributed by atoms with Crippen LogP contribution in [0, 0.1) is 11.8 Å². The smallest absolute Gasteiger partial charge is 0.322 e. The summed E-state index contributed by atoms with van der Waals surface area (Å²) in [6, 6.07) is -0.479. The van der Waals surface area contributed by atoms with Gasteiger partial charge in [-0.3, -0.25) is 19.7 Å². The van der Waals surface area contributed by atoms with Crippen molar-refractivity contribution in [1.82, 2.24) is 16.0 Å². The van der Waals surface area contributed by atoms with E-state index in [0.29, 0.717) is 43.7 Å². The van der Waals surface area contributed by atoms with Crippen molar-refractivity contribution < 1.29 is 19.2 Å². The van der Waals surface area contributed by atoms with Crippen molar-refractivity contribution in [3.8, 4) is 0 Å². The van der Waals surface area contributed by atoms with Crippen LogP contribution in [-0.2, 0) is 28.9 Å². The van der Waals surface area contributed by atoms with Crippen LogP contribution in [-0.4, -0.2) is 35.7 Å². The quantitative estimate of drug-likeness (QED) is 0.628. The number of imide groups is 1. The highest BCUT2D eigenvalue weighted by Crippen LogP contribution is 2.41. The Labute approximate surface area is 166 Å². The molecule has 1 aliphatic heterocycles. The zero-order valence-corrected chi connectivity index (χ0v) is 16.4. The Hall–Kier alpha value is -2.22. The molecule has 5 rings (SSSR count). The molecule has 1 aromatic rings. The predicted octanol–water partition coefficient (Wildman–Crippen LogP) is 1.48. The molecule has 1 unspecified atom stereocenters. The summed E-state index contributed by atoms with van der Waals surface area (Å²) >= 11 is 1.53. The molecule has 1 saturated heterocycles. The number of nitrogens with one attached hydrogen (secondary N) is 3. The molecule has 8 heteroatoms. The Balaban J connectivity index is 1.47. The second kappa shape index (κ2) is 6.40. The lowest BCUT2D eigenvalue weighted by atomic mass is 9.79. The van der Waals surface area contributed by atoms with Gasteiger partial charge in [0.2, 0.25) is 0 Å². The molecule has 3 aliphatic carbocycles. The van der Waals surface area contributed by atoms with Gasteiger partial charge in [0, 0.05) is 35.1 Å². The van der Waals surface area contributed by atoms with Gasteiger partial charge < -0.3 is 10.6 Å². The summed E-state index contributed by atoms with van der Waals surface area (Å²) in [5.74, 6) is 0.435. The lowest BCUT2D eigenvalue weighted by Crippen LogP contribution is -2.51. The monoisotopic (exact) mass is 401 g/mol. The molecular formula is C20H23N3O4S. The van der Waals surface area contributed by atoms with Crippen molar-refractivity contribution in [3.63, 3.8) is 0 Å². The third-order valence-electron chi connectivity index (χ3n) is 6.28. The van der Waals surface area contributed by atoms with Crippen LogP contribution in [0.2, 0.25) is 0 Å². The highest BCUT2D eigenvalue weighted by Gasteiger charge is 2.49. The van der Waals surface area contributed by atoms with Crippen LogP contribution in [0.5, 0.6) is 0 Å². The van der Waals surface area contributed by atoms with Gasteiger partial charge in [0.25, 0.3) is 11.8 Å². The summed E-state index contributed by atoms with van der Waals surface area (Å²) in [4.78, 5) is 51.5. The molecule has 1 atom stereocenters. The van der Waals surface area contributed by atoms with E-state index >= 15 is 0 Å². The number of carbonyl (C=O) groups excluding carboxylic acids is 4. The standard InChI is InChI=1S/C20H23N3O4S/c24-13(11-3-4-11)7-15-16(17(25)21-9-10-1-2-10)12-8-20(6-5-14(12)28-15)18(26)22-19(27)23-20/h10-11H,1-9H2,(H,21,25)(H2,22,23,26,27). The first kappa shape index (κ1) is 17.8. The van der Waals surface area contributed by atoms with Crippen molar-refractivity contribution in [2.45, 2.75) is 56.9 Å². The van der Waals surface area contributed by atoms with E-state index in [2.05, 4.69) is 16.0 Å². The molecule has 2 saturated carbocycles. The fourth-order valence-corrected chi connectivity index (χ4v) is 5.58. The largest absolute Gasteiger partial charge is 0.352 e. The molecule has 1 aromatic heterocycles. The molecular weight excluding hydrogens is 378 g/mol. The van der Waals surface area contributed by atoms with Gasteiger partial charge in [-0.15, -0.1) is 11.3 Å². The number of ketones is 1. The van der Waals surface area contributed by atoms with Crippen molar-refractivity contribution in [1.29, 1.82) is 0 Å². The van der Waals surface area contributed by atoms with E-state index < -0.39 is 11.6 Å². The number of carbonyl (C=O) groups is 4. The number of hydrogen-bond donors (Lipinski definition) is 3. The molecule has 0 radical (unpaired) electrons. The molecule has 7 nitrogen and oxygen atoms in total. The molecule has 1 spiro atoms. The SMILES string of the molecule is O=C1NC(=O)C2(CCc3sc(CC(=O)C4CC4)c(C(=O)NCC4CC4)c3C2)N1. The van der Waals surface area contributed by atoms with E-state index in [1.54, 1.807) is 0 Å². The Bertz CT molecular complexity index is 900. The van der Waals surface area contributed by atoms with Gasteiger partial charge >= 0.3 is 6.03 Å². The number of hydrogen-bond acceptors (Lipinski definition) is 5. The molecule has 3 N–H and O–H groups in total. The maximum absolute atomic E-state index is 13.0. The second-order valence-corrected chi connectivity index (χ2v) is 9.73. The second-order valence-electron chi connectivity index (χ2n) is 8.54. The number of thiophene rings is 1. The van der Waals surface area contributed by atoms with Crippen LogP contribution < -0.4 is 16.0 Å². The third kappa shape index (κ3) is 3.13. The summed E-state index contributed by atoms with van der Waals surface area (Å²) in [6.45, 7) is 0.655.